The molecule has 2 nitrogen and oxygen atoms in total. The zero-order valence-corrected chi connectivity index (χ0v) is 6.40. The lowest BCUT2D eigenvalue weighted by molar-refractivity contribution is 0.186. The van der Waals surface area contributed by atoms with Gasteiger partial charge in [0, 0.05) is 19.1 Å². The van der Waals surface area contributed by atoms with Crippen LogP contribution in [-0.2, 0) is 0 Å². The fourth-order valence-electron chi connectivity index (χ4n) is 1.94. The second kappa shape index (κ2) is 2.89. The van der Waals surface area contributed by atoms with Gasteiger partial charge in [0.25, 0.3) is 0 Å². The molecule has 2 unspecified atom stereocenters. The Kier molecular flexibility index (Phi) is 1.91. The van der Waals surface area contributed by atoms with E-state index in [1.54, 1.807) is 0 Å². The maximum Gasteiger partial charge on any atom is 0.00964 e. The molecule has 58 valence electrons. The van der Waals surface area contributed by atoms with Crippen molar-refractivity contribution in [3.8, 4) is 0 Å². The van der Waals surface area contributed by atoms with Crippen molar-refractivity contribution in [2.24, 2.45) is 5.92 Å². The summed E-state index contributed by atoms with van der Waals surface area (Å²) in [6.45, 7) is 3.56. The molecule has 0 aromatic heterocycles. The highest BCUT2D eigenvalue weighted by Crippen LogP contribution is 2.30. The predicted molar refractivity (Wildman–Crippen MR) is 42.0 cm³/mol. The Morgan fingerprint density at radius 1 is 0.900 bits per heavy atom. The van der Waals surface area contributed by atoms with Crippen LogP contribution in [-0.4, -0.2) is 25.7 Å². The molecule has 0 amide bonds. The lowest BCUT2D eigenvalue weighted by atomic mass is 9.77. The summed E-state index contributed by atoms with van der Waals surface area (Å²) in [5.74, 6) is 0.993. The van der Waals surface area contributed by atoms with Crippen molar-refractivity contribution in [3.05, 3.63) is 0 Å². The van der Waals surface area contributed by atoms with Gasteiger partial charge >= 0.3 is 0 Å². The molecule has 0 radical (unpaired) electrons. The molecular formula is C8H16N2. The van der Waals surface area contributed by atoms with E-state index in [1.165, 1.54) is 32.4 Å². The molecule has 2 rings (SSSR count). The summed E-state index contributed by atoms with van der Waals surface area (Å²) in [5, 5.41) is 6.97. The third-order valence-electron chi connectivity index (χ3n) is 2.82. The van der Waals surface area contributed by atoms with Crippen LogP contribution >= 0.6 is 0 Å². The van der Waals surface area contributed by atoms with Crippen LogP contribution in [0.5, 0.6) is 0 Å². The van der Waals surface area contributed by atoms with Crippen LogP contribution in [0.3, 0.4) is 0 Å². The molecule has 1 aliphatic heterocycles. The largest absolute Gasteiger partial charge is 0.315 e. The normalized spacial score (nSPS) is 40.8. The van der Waals surface area contributed by atoms with E-state index in [0.29, 0.717) is 0 Å². The van der Waals surface area contributed by atoms with E-state index < -0.39 is 0 Å². The van der Waals surface area contributed by atoms with Crippen molar-refractivity contribution in [2.45, 2.75) is 25.3 Å². The van der Waals surface area contributed by atoms with Crippen LogP contribution in [0, 0.1) is 5.92 Å². The van der Waals surface area contributed by atoms with E-state index in [2.05, 4.69) is 10.6 Å². The number of fused-ring (bicyclic) bond motifs is 1. The summed E-state index contributed by atoms with van der Waals surface area (Å²) < 4.78 is 0. The first kappa shape index (κ1) is 6.62. The average Bonchev–Trinajstić information content (AvgIpc) is 1.89. The monoisotopic (exact) mass is 140 g/mol. The summed E-state index contributed by atoms with van der Waals surface area (Å²) in [6, 6.07) is 0.877. The number of nitrogens with one attached hydrogen (secondary N) is 2. The number of rotatable bonds is 0. The minimum atomic E-state index is 0.877. The zero-order chi connectivity index (χ0) is 6.81. The lowest BCUT2D eigenvalue weighted by Crippen LogP contribution is -2.49. The van der Waals surface area contributed by atoms with Crippen LogP contribution in [0.2, 0.25) is 0 Å². The Morgan fingerprint density at radius 3 is 2.70 bits per heavy atom. The summed E-state index contributed by atoms with van der Waals surface area (Å²) >= 11 is 0. The summed E-state index contributed by atoms with van der Waals surface area (Å²) in [6.07, 6.45) is 4.27. The summed E-state index contributed by atoms with van der Waals surface area (Å²) in [5.41, 5.74) is 0. The molecule has 0 bridgehead atoms. The van der Waals surface area contributed by atoms with Gasteiger partial charge in [0.05, 0.1) is 0 Å². The van der Waals surface area contributed by atoms with Crippen molar-refractivity contribution < 1.29 is 0 Å². The van der Waals surface area contributed by atoms with E-state index >= 15 is 0 Å². The number of hydrogen-bond acceptors (Lipinski definition) is 2. The molecule has 0 spiro atoms. The van der Waals surface area contributed by atoms with E-state index in [-0.39, 0.29) is 0 Å². The summed E-state index contributed by atoms with van der Waals surface area (Å²) in [4.78, 5) is 0. The lowest BCUT2D eigenvalue weighted by Gasteiger charge is -2.39. The highest BCUT2D eigenvalue weighted by molar-refractivity contribution is 4.88. The fourth-order valence-corrected chi connectivity index (χ4v) is 1.94. The Bertz CT molecular complexity index is 99.8. The predicted octanol–water partition coefficient (Wildman–Crippen LogP) is 0.348. The summed E-state index contributed by atoms with van der Waals surface area (Å²) in [7, 11) is 0. The Balaban J connectivity index is 1.83. The van der Waals surface area contributed by atoms with Crippen molar-refractivity contribution in [3.63, 3.8) is 0 Å². The fraction of sp³-hybridized carbons (Fsp3) is 1.00. The Morgan fingerprint density at radius 2 is 1.90 bits per heavy atom. The topological polar surface area (TPSA) is 24.1 Å². The van der Waals surface area contributed by atoms with Gasteiger partial charge in [0.1, 0.15) is 0 Å². The van der Waals surface area contributed by atoms with E-state index in [1.807, 2.05) is 0 Å². The standard InChI is InChI=1S/C8H16N2/c1-2-8-7(1)3-4-9-5-6-10-8/h7-10H,1-6H2. The third kappa shape index (κ3) is 1.18. The molecular weight excluding hydrogens is 124 g/mol. The van der Waals surface area contributed by atoms with Gasteiger partial charge in [-0.25, -0.2) is 0 Å². The Labute approximate surface area is 62.4 Å². The molecule has 2 heteroatoms. The van der Waals surface area contributed by atoms with Crippen LogP contribution in [0.1, 0.15) is 19.3 Å². The van der Waals surface area contributed by atoms with Crippen LogP contribution < -0.4 is 10.6 Å². The molecule has 1 saturated heterocycles. The van der Waals surface area contributed by atoms with Gasteiger partial charge in [-0.1, -0.05) is 0 Å². The van der Waals surface area contributed by atoms with E-state index in [4.69, 9.17) is 0 Å². The minimum absolute atomic E-state index is 0.877. The van der Waals surface area contributed by atoms with Crippen molar-refractivity contribution >= 4 is 0 Å². The number of hydrogen-bond donors (Lipinski definition) is 2. The maximum atomic E-state index is 3.56. The molecule has 1 heterocycles. The van der Waals surface area contributed by atoms with Crippen LogP contribution in [0.25, 0.3) is 0 Å². The molecule has 2 aliphatic rings. The first-order chi connectivity index (χ1) is 4.97. The molecule has 0 aromatic carbocycles. The van der Waals surface area contributed by atoms with Crippen molar-refractivity contribution in [1.82, 2.24) is 10.6 Å². The Hall–Kier alpha value is -0.0800. The molecule has 10 heavy (non-hydrogen) atoms. The second-order valence-electron chi connectivity index (χ2n) is 3.44. The van der Waals surface area contributed by atoms with Crippen molar-refractivity contribution in [1.29, 1.82) is 0 Å². The van der Waals surface area contributed by atoms with Gasteiger partial charge < -0.3 is 10.6 Å². The van der Waals surface area contributed by atoms with E-state index in [0.717, 1.165) is 18.5 Å². The van der Waals surface area contributed by atoms with Gasteiger partial charge in [-0.2, -0.15) is 0 Å². The van der Waals surface area contributed by atoms with E-state index in [9.17, 15) is 0 Å². The highest BCUT2D eigenvalue weighted by Gasteiger charge is 2.29. The average molecular weight is 140 g/mol. The van der Waals surface area contributed by atoms with Gasteiger partial charge in [0.2, 0.25) is 0 Å². The smallest absolute Gasteiger partial charge is 0.00964 e. The quantitative estimate of drug-likeness (QED) is 0.507. The third-order valence-corrected chi connectivity index (χ3v) is 2.82. The minimum Gasteiger partial charge on any atom is -0.315 e. The maximum absolute atomic E-state index is 3.56. The highest BCUT2D eigenvalue weighted by atomic mass is 15.0. The van der Waals surface area contributed by atoms with Gasteiger partial charge in [-0.05, 0) is 31.7 Å². The van der Waals surface area contributed by atoms with Gasteiger partial charge in [0.15, 0.2) is 0 Å². The van der Waals surface area contributed by atoms with Gasteiger partial charge in [-0.3, -0.25) is 0 Å². The first-order valence-corrected chi connectivity index (χ1v) is 4.41. The molecule has 2 atom stereocenters. The zero-order valence-electron chi connectivity index (χ0n) is 6.40. The van der Waals surface area contributed by atoms with Gasteiger partial charge in [-0.15, -0.1) is 0 Å². The molecule has 1 saturated carbocycles. The van der Waals surface area contributed by atoms with Crippen molar-refractivity contribution in [2.75, 3.05) is 19.6 Å². The molecule has 1 aliphatic carbocycles. The SMILES string of the molecule is C1CNC2CCC2CCN1. The van der Waals surface area contributed by atoms with Crippen LogP contribution in [0.15, 0.2) is 0 Å². The second-order valence-corrected chi connectivity index (χ2v) is 3.44. The van der Waals surface area contributed by atoms with Crippen LogP contribution in [0.4, 0.5) is 0 Å². The molecule has 2 fully saturated rings. The molecule has 2 N–H and O–H groups in total. The first-order valence-electron chi connectivity index (χ1n) is 4.41. The molecule has 0 aromatic rings.